The molecule has 0 atom stereocenters. The van der Waals surface area contributed by atoms with Crippen molar-refractivity contribution < 1.29 is 9.59 Å². The zero-order valence-electron chi connectivity index (χ0n) is 14.2. The Morgan fingerprint density at radius 3 is 2.42 bits per heavy atom. The van der Waals surface area contributed by atoms with E-state index in [1.54, 1.807) is 23.7 Å². The topological polar surface area (TPSA) is 76.0 Å². The predicted molar refractivity (Wildman–Crippen MR) is 93.5 cm³/mol. The molecule has 128 valence electrons. The molecule has 0 fully saturated rings. The zero-order valence-corrected chi connectivity index (χ0v) is 14.9. The molecule has 0 bridgehead atoms. The molecule has 0 radical (unpaired) electrons. The van der Waals surface area contributed by atoms with Crippen LogP contribution >= 0.6 is 11.6 Å². The van der Waals surface area contributed by atoms with Crippen LogP contribution in [0.25, 0.3) is 5.69 Å². The fourth-order valence-corrected chi connectivity index (χ4v) is 2.32. The van der Waals surface area contributed by atoms with Crippen LogP contribution in [0.3, 0.4) is 0 Å². The smallest absolute Gasteiger partial charge is 0.255 e. The molecule has 0 saturated heterocycles. The molecule has 2 N–H and O–H groups in total. The highest BCUT2D eigenvalue weighted by atomic mass is 35.5. The van der Waals surface area contributed by atoms with E-state index in [1.165, 1.54) is 6.20 Å². The van der Waals surface area contributed by atoms with E-state index in [9.17, 15) is 9.59 Å². The molecule has 1 heterocycles. The van der Waals surface area contributed by atoms with Crippen molar-refractivity contribution in [3.8, 4) is 5.69 Å². The maximum Gasteiger partial charge on any atom is 0.255 e. The number of carbonyl (C=O) groups is 2. The summed E-state index contributed by atoms with van der Waals surface area (Å²) in [6.45, 7) is 7.36. The van der Waals surface area contributed by atoms with E-state index >= 15 is 0 Å². The van der Waals surface area contributed by atoms with Gasteiger partial charge in [-0.1, -0.05) is 11.6 Å². The molecular weight excluding hydrogens is 328 g/mol. The second-order valence-corrected chi connectivity index (χ2v) is 6.95. The second-order valence-electron chi connectivity index (χ2n) is 6.51. The minimum Gasteiger partial charge on any atom is -0.350 e. The average molecular weight is 349 g/mol. The Labute approximate surface area is 146 Å². The van der Waals surface area contributed by atoms with Gasteiger partial charge in [-0.15, -0.1) is 0 Å². The molecule has 0 aliphatic carbocycles. The number of halogens is 1. The SMILES string of the molecule is Cc1c(C(=O)NCC(=O)NC(C)(C)C)cnn1-c1ccc(Cl)cc1. The van der Waals surface area contributed by atoms with Crippen LogP contribution in [0.1, 0.15) is 36.8 Å². The first-order chi connectivity index (χ1) is 11.2. The number of aromatic nitrogens is 2. The minimum atomic E-state index is -0.336. The monoisotopic (exact) mass is 348 g/mol. The fraction of sp³-hybridized carbons (Fsp3) is 0.353. The third-order valence-corrected chi connectivity index (χ3v) is 3.50. The number of carbonyl (C=O) groups excluding carboxylic acids is 2. The van der Waals surface area contributed by atoms with Gasteiger partial charge in [-0.3, -0.25) is 9.59 Å². The van der Waals surface area contributed by atoms with Crippen LogP contribution in [-0.4, -0.2) is 33.7 Å². The molecule has 0 saturated carbocycles. The number of benzene rings is 1. The summed E-state index contributed by atoms with van der Waals surface area (Å²) in [7, 11) is 0. The molecule has 7 heteroatoms. The third-order valence-electron chi connectivity index (χ3n) is 3.25. The number of hydrogen-bond donors (Lipinski definition) is 2. The van der Waals surface area contributed by atoms with Gasteiger partial charge in [0.25, 0.3) is 5.91 Å². The lowest BCUT2D eigenvalue weighted by molar-refractivity contribution is -0.121. The van der Waals surface area contributed by atoms with Gasteiger partial charge in [-0.25, -0.2) is 4.68 Å². The largest absolute Gasteiger partial charge is 0.350 e. The summed E-state index contributed by atoms with van der Waals surface area (Å²) in [5.74, 6) is -0.574. The lowest BCUT2D eigenvalue weighted by atomic mass is 10.1. The van der Waals surface area contributed by atoms with Crippen LogP contribution in [0.2, 0.25) is 5.02 Å². The van der Waals surface area contributed by atoms with Crippen LogP contribution in [-0.2, 0) is 4.79 Å². The van der Waals surface area contributed by atoms with E-state index in [4.69, 9.17) is 11.6 Å². The van der Waals surface area contributed by atoms with Crippen molar-refractivity contribution in [1.29, 1.82) is 0 Å². The van der Waals surface area contributed by atoms with Crippen LogP contribution < -0.4 is 10.6 Å². The van der Waals surface area contributed by atoms with Gasteiger partial charge in [0, 0.05) is 10.6 Å². The molecule has 2 aromatic rings. The molecule has 24 heavy (non-hydrogen) atoms. The number of nitrogens with one attached hydrogen (secondary N) is 2. The van der Waals surface area contributed by atoms with Crippen LogP contribution in [0, 0.1) is 6.92 Å². The number of amides is 2. The van der Waals surface area contributed by atoms with E-state index < -0.39 is 0 Å². The minimum absolute atomic E-state index is 0.0817. The average Bonchev–Trinajstić information content (AvgIpc) is 2.86. The van der Waals surface area contributed by atoms with E-state index in [2.05, 4.69) is 15.7 Å². The van der Waals surface area contributed by atoms with E-state index in [1.807, 2.05) is 32.9 Å². The quantitative estimate of drug-likeness (QED) is 0.891. The van der Waals surface area contributed by atoms with Gasteiger partial charge in [-0.05, 0) is 52.0 Å². The lowest BCUT2D eigenvalue weighted by Crippen LogP contribution is -2.45. The Balaban J connectivity index is 2.06. The van der Waals surface area contributed by atoms with Gasteiger partial charge >= 0.3 is 0 Å². The van der Waals surface area contributed by atoms with Crippen molar-refractivity contribution in [2.24, 2.45) is 0 Å². The molecule has 1 aromatic carbocycles. The predicted octanol–water partition coefficient (Wildman–Crippen LogP) is 2.48. The van der Waals surface area contributed by atoms with E-state index in [0.717, 1.165) is 5.69 Å². The Hall–Kier alpha value is -2.34. The zero-order chi connectivity index (χ0) is 17.9. The highest BCUT2D eigenvalue weighted by molar-refractivity contribution is 6.30. The Kier molecular flexibility index (Phi) is 5.29. The number of hydrogen-bond acceptors (Lipinski definition) is 3. The van der Waals surface area contributed by atoms with E-state index in [-0.39, 0.29) is 23.9 Å². The van der Waals surface area contributed by atoms with Crippen molar-refractivity contribution in [1.82, 2.24) is 20.4 Å². The summed E-state index contributed by atoms with van der Waals surface area (Å²) in [5, 5.41) is 10.3. The van der Waals surface area contributed by atoms with Crippen molar-refractivity contribution >= 4 is 23.4 Å². The third kappa shape index (κ3) is 4.58. The molecule has 0 unspecified atom stereocenters. The Bertz CT molecular complexity index is 745. The summed E-state index contributed by atoms with van der Waals surface area (Å²) in [6, 6.07) is 7.16. The van der Waals surface area contributed by atoms with Gasteiger partial charge in [0.05, 0.1) is 29.7 Å². The van der Waals surface area contributed by atoms with Crippen molar-refractivity contribution in [2.75, 3.05) is 6.54 Å². The van der Waals surface area contributed by atoms with Gasteiger partial charge < -0.3 is 10.6 Å². The normalized spacial score (nSPS) is 11.2. The van der Waals surface area contributed by atoms with Gasteiger partial charge in [0.15, 0.2) is 0 Å². The summed E-state index contributed by atoms with van der Waals surface area (Å²) in [6.07, 6.45) is 1.49. The number of rotatable bonds is 4. The Morgan fingerprint density at radius 2 is 1.83 bits per heavy atom. The van der Waals surface area contributed by atoms with Crippen molar-refractivity contribution in [3.63, 3.8) is 0 Å². The second kappa shape index (κ2) is 7.05. The first kappa shape index (κ1) is 18.0. The summed E-state index contributed by atoms with van der Waals surface area (Å²) in [4.78, 5) is 24.0. The maximum atomic E-state index is 12.3. The number of nitrogens with zero attached hydrogens (tertiary/aromatic N) is 2. The maximum absolute atomic E-state index is 12.3. The molecule has 0 aliphatic rings. The molecule has 0 spiro atoms. The molecule has 0 aliphatic heterocycles. The standard InChI is InChI=1S/C17H21ClN4O2/c1-11-14(16(24)19-10-15(23)21-17(2,3)4)9-20-22(11)13-7-5-12(18)6-8-13/h5-9H,10H2,1-4H3,(H,19,24)(H,21,23). The lowest BCUT2D eigenvalue weighted by Gasteiger charge is -2.20. The molecule has 1 aromatic heterocycles. The Morgan fingerprint density at radius 1 is 1.21 bits per heavy atom. The molecule has 6 nitrogen and oxygen atoms in total. The van der Waals surface area contributed by atoms with Crippen LogP contribution in [0.15, 0.2) is 30.5 Å². The first-order valence-corrected chi connectivity index (χ1v) is 7.95. The fourth-order valence-electron chi connectivity index (χ4n) is 2.19. The highest BCUT2D eigenvalue weighted by Crippen LogP contribution is 2.16. The summed E-state index contributed by atoms with van der Waals surface area (Å²) in [5.41, 5.74) is 1.58. The molecule has 2 rings (SSSR count). The molecule has 2 amide bonds. The van der Waals surface area contributed by atoms with Crippen molar-refractivity contribution in [3.05, 3.63) is 46.7 Å². The van der Waals surface area contributed by atoms with Crippen LogP contribution in [0.4, 0.5) is 0 Å². The van der Waals surface area contributed by atoms with Gasteiger partial charge in [0.1, 0.15) is 0 Å². The summed E-state index contributed by atoms with van der Waals surface area (Å²) >= 11 is 5.88. The van der Waals surface area contributed by atoms with Crippen molar-refractivity contribution in [2.45, 2.75) is 33.2 Å². The summed E-state index contributed by atoms with van der Waals surface area (Å²) < 4.78 is 1.65. The first-order valence-electron chi connectivity index (χ1n) is 7.57. The van der Waals surface area contributed by atoms with Gasteiger partial charge in [0.2, 0.25) is 5.91 Å². The highest BCUT2D eigenvalue weighted by Gasteiger charge is 2.18. The molecular formula is C17H21ClN4O2. The van der Waals surface area contributed by atoms with Crippen LogP contribution in [0.5, 0.6) is 0 Å². The van der Waals surface area contributed by atoms with E-state index in [0.29, 0.717) is 16.3 Å². The van der Waals surface area contributed by atoms with Gasteiger partial charge in [-0.2, -0.15) is 5.10 Å².